The lowest BCUT2D eigenvalue weighted by atomic mass is 10.2. The molecule has 2 heterocycles. The molecule has 3 aromatic rings. The van der Waals surface area contributed by atoms with Crippen LogP contribution in [-0.4, -0.2) is 36.2 Å². The van der Waals surface area contributed by atoms with E-state index in [1.165, 1.54) is 18.5 Å². The monoisotopic (exact) mass is 392 g/mol. The molecule has 7 heteroatoms. The first kappa shape index (κ1) is 19.0. The molecule has 1 N–H and O–H groups in total. The predicted octanol–water partition coefficient (Wildman–Crippen LogP) is 3.92. The molecule has 2 aromatic carbocycles. The van der Waals surface area contributed by atoms with E-state index in [9.17, 15) is 4.79 Å². The van der Waals surface area contributed by atoms with E-state index in [4.69, 9.17) is 9.26 Å². The molecule has 0 spiro atoms. The Bertz CT molecular complexity index is 945. The lowest BCUT2D eigenvalue weighted by Crippen LogP contribution is -2.17. The molecule has 0 radical (unpaired) electrons. The number of methoxy groups -OCH3 is 1. The average molecular weight is 392 g/mol. The number of hydrogen-bond donors (Lipinski definition) is 1. The fraction of sp³-hybridized carbons (Fsp3) is 0.318. The van der Waals surface area contributed by atoms with Crippen LogP contribution < -0.4 is 15.0 Å². The van der Waals surface area contributed by atoms with E-state index in [2.05, 4.69) is 32.5 Å². The maximum atomic E-state index is 12.2. The Kier molecular flexibility index (Phi) is 5.74. The van der Waals surface area contributed by atoms with Crippen LogP contribution >= 0.6 is 0 Å². The fourth-order valence-electron chi connectivity index (χ4n) is 3.39. The van der Waals surface area contributed by atoms with Crippen LogP contribution in [0.5, 0.6) is 5.75 Å². The van der Waals surface area contributed by atoms with Crippen molar-refractivity contribution in [1.82, 2.24) is 10.1 Å². The van der Waals surface area contributed by atoms with Gasteiger partial charge in [0, 0.05) is 42.9 Å². The molecule has 150 valence electrons. The molecule has 1 amide bonds. The summed E-state index contributed by atoms with van der Waals surface area (Å²) >= 11 is 0. The molecular weight excluding hydrogens is 368 g/mol. The van der Waals surface area contributed by atoms with Gasteiger partial charge < -0.3 is 19.5 Å². The van der Waals surface area contributed by atoms with E-state index in [-0.39, 0.29) is 12.3 Å². The molecule has 1 saturated heterocycles. The normalized spacial score (nSPS) is 13.5. The highest BCUT2D eigenvalue weighted by molar-refractivity contribution is 5.91. The highest BCUT2D eigenvalue weighted by Gasteiger charge is 2.13. The van der Waals surface area contributed by atoms with Gasteiger partial charge in [0.2, 0.25) is 17.6 Å². The van der Waals surface area contributed by atoms with Crippen LogP contribution in [0.2, 0.25) is 0 Å². The largest absolute Gasteiger partial charge is 0.497 e. The minimum Gasteiger partial charge on any atom is -0.497 e. The Hall–Kier alpha value is -3.35. The standard InChI is InChI=1S/C22H24N4O3/c1-28-19-10-4-16(5-11-19)22-24-21(29-25-22)13-12-20(27)23-17-6-8-18(9-7-17)26-14-2-3-15-26/h4-11H,2-3,12-15H2,1H3,(H,23,27). The van der Waals surface area contributed by atoms with Gasteiger partial charge in [0.1, 0.15) is 5.75 Å². The van der Waals surface area contributed by atoms with Gasteiger partial charge in [-0.3, -0.25) is 4.79 Å². The van der Waals surface area contributed by atoms with Crippen LogP contribution in [0, 0.1) is 0 Å². The highest BCUT2D eigenvalue weighted by atomic mass is 16.5. The van der Waals surface area contributed by atoms with Gasteiger partial charge in [-0.1, -0.05) is 5.16 Å². The second-order valence-corrected chi connectivity index (χ2v) is 7.03. The number of benzene rings is 2. The Morgan fingerprint density at radius 1 is 1.10 bits per heavy atom. The Labute approximate surface area is 169 Å². The molecule has 1 aliphatic rings. The molecule has 0 bridgehead atoms. The van der Waals surface area contributed by atoms with Crippen LogP contribution in [-0.2, 0) is 11.2 Å². The number of rotatable bonds is 7. The van der Waals surface area contributed by atoms with Gasteiger partial charge in [-0.25, -0.2) is 0 Å². The van der Waals surface area contributed by atoms with Crippen molar-refractivity contribution in [2.45, 2.75) is 25.7 Å². The summed E-state index contributed by atoms with van der Waals surface area (Å²) in [6, 6.07) is 15.4. The van der Waals surface area contributed by atoms with E-state index in [0.29, 0.717) is 18.1 Å². The SMILES string of the molecule is COc1ccc(-c2noc(CCC(=O)Nc3ccc(N4CCCC4)cc3)n2)cc1. The van der Waals surface area contributed by atoms with Gasteiger partial charge in [0.15, 0.2) is 0 Å². The summed E-state index contributed by atoms with van der Waals surface area (Å²) in [6.45, 7) is 2.21. The van der Waals surface area contributed by atoms with E-state index < -0.39 is 0 Å². The maximum Gasteiger partial charge on any atom is 0.227 e. The van der Waals surface area contributed by atoms with Crippen LogP contribution in [0.1, 0.15) is 25.2 Å². The Morgan fingerprint density at radius 3 is 2.52 bits per heavy atom. The maximum absolute atomic E-state index is 12.2. The molecule has 1 aromatic heterocycles. The number of hydrogen-bond acceptors (Lipinski definition) is 6. The summed E-state index contributed by atoms with van der Waals surface area (Å²) in [4.78, 5) is 19.0. The van der Waals surface area contributed by atoms with Crippen molar-refractivity contribution in [3.05, 3.63) is 54.4 Å². The van der Waals surface area contributed by atoms with Gasteiger partial charge in [-0.05, 0) is 61.4 Å². The zero-order valence-corrected chi connectivity index (χ0v) is 16.4. The molecule has 1 aliphatic heterocycles. The molecule has 0 saturated carbocycles. The number of carbonyl (C=O) groups is 1. The first-order chi connectivity index (χ1) is 14.2. The fourth-order valence-corrected chi connectivity index (χ4v) is 3.39. The molecule has 4 rings (SSSR count). The third-order valence-electron chi connectivity index (χ3n) is 5.00. The predicted molar refractivity (Wildman–Crippen MR) is 111 cm³/mol. The van der Waals surface area contributed by atoms with Crippen LogP contribution in [0.15, 0.2) is 53.1 Å². The van der Waals surface area contributed by atoms with Crippen molar-refractivity contribution in [2.75, 3.05) is 30.4 Å². The van der Waals surface area contributed by atoms with E-state index in [1.54, 1.807) is 7.11 Å². The minimum atomic E-state index is -0.0804. The van der Waals surface area contributed by atoms with Crippen molar-refractivity contribution in [3.63, 3.8) is 0 Å². The smallest absolute Gasteiger partial charge is 0.227 e. The number of aromatic nitrogens is 2. The number of ether oxygens (including phenoxy) is 1. The number of amides is 1. The summed E-state index contributed by atoms with van der Waals surface area (Å²) in [5.41, 5.74) is 2.84. The van der Waals surface area contributed by atoms with Gasteiger partial charge in [-0.2, -0.15) is 4.98 Å². The molecule has 1 fully saturated rings. The summed E-state index contributed by atoms with van der Waals surface area (Å²) in [5.74, 6) is 1.63. The van der Waals surface area contributed by atoms with Crippen molar-refractivity contribution in [1.29, 1.82) is 0 Å². The third-order valence-corrected chi connectivity index (χ3v) is 5.00. The molecular formula is C22H24N4O3. The van der Waals surface area contributed by atoms with E-state index in [1.807, 2.05) is 36.4 Å². The quantitative estimate of drug-likeness (QED) is 0.656. The number of carbonyl (C=O) groups excluding carboxylic acids is 1. The molecule has 7 nitrogen and oxygen atoms in total. The first-order valence-corrected chi connectivity index (χ1v) is 9.83. The van der Waals surface area contributed by atoms with Crippen molar-refractivity contribution < 1.29 is 14.1 Å². The lowest BCUT2D eigenvalue weighted by Gasteiger charge is -2.17. The summed E-state index contributed by atoms with van der Waals surface area (Å²) in [5, 5.41) is 6.91. The Balaban J connectivity index is 1.28. The van der Waals surface area contributed by atoms with Gasteiger partial charge in [0.05, 0.1) is 7.11 Å². The van der Waals surface area contributed by atoms with Crippen molar-refractivity contribution in [3.8, 4) is 17.1 Å². The van der Waals surface area contributed by atoms with Gasteiger partial charge in [0.25, 0.3) is 0 Å². The topological polar surface area (TPSA) is 80.5 Å². The summed E-state index contributed by atoms with van der Waals surface area (Å²) in [7, 11) is 1.62. The number of anilines is 2. The number of nitrogens with one attached hydrogen (secondary N) is 1. The first-order valence-electron chi connectivity index (χ1n) is 9.83. The Morgan fingerprint density at radius 2 is 1.83 bits per heavy atom. The van der Waals surface area contributed by atoms with Gasteiger partial charge in [-0.15, -0.1) is 0 Å². The van der Waals surface area contributed by atoms with Crippen molar-refractivity contribution >= 4 is 17.3 Å². The number of nitrogens with zero attached hydrogens (tertiary/aromatic N) is 3. The summed E-state index contributed by atoms with van der Waals surface area (Å²) in [6.07, 6.45) is 3.15. The van der Waals surface area contributed by atoms with Crippen LogP contribution in [0.25, 0.3) is 11.4 Å². The van der Waals surface area contributed by atoms with Crippen LogP contribution in [0.4, 0.5) is 11.4 Å². The number of aryl methyl sites for hydroxylation is 1. The van der Waals surface area contributed by atoms with Crippen molar-refractivity contribution in [2.24, 2.45) is 0 Å². The van der Waals surface area contributed by atoms with E-state index >= 15 is 0 Å². The second kappa shape index (κ2) is 8.77. The third kappa shape index (κ3) is 4.74. The zero-order valence-electron chi connectivity index (χ0n) is 16.4. The highest BCUT2D eigenvalue weighted by Crippen LogP contribution is 2.22. The molecule has 0 aliphatic carbocycles. The molecule has 0 atom stereocenters. The zero-order chi connectivity index (χ0) is 20.1. The lowest BCUT2D eigenvalue weighted by molar-refractivity contribution is -0.116. The minimum absolute atomic E-state index is 0.0804. The van der Waals surface area contributed by atoms with E-state index in [0.717, 1.165) is 30.1 Å². The average Bonchev–Trinajstić information content (AvgIpc) is 3.45. The second-order valence-electron chi connectivity index (χ2n) is 7.03. The van der Waals surface area contributed by atoms with Gasteiger partial charge >= 0.3 is 0 Å². The van der Waals surface area contributed by atoms with Crippen LogP contribution in [0.3, 0.4) is 0 Å². The molecule has 29 heavy (non-hydrogen) atoms. The molecule has 0 unspecified atom stereocenters. The summed E-state index contributed by atoms with van der Waals surface area (Å²) < 4.78 is 10.4.